The summed E-state index contributed by atoms with van der Waals surface area (Å²) < 4.78 is 15.4. The average Bonchev–Trinajstić information content (AvgIpc) is 2.57. The minimum atomic E-state index is -0.286. The first-order chi connectivity index (χ1) is 8.52. The maximum absolute atomic E-state index is 13.0. The van der Waals surface area contributed by atoms with Gasteiger partial charge in [0.2, 0.25) is 0 Å². The number of aromatic nitrogens is 2. The Bertz CT molecular complexity index is 642. The van der Waals surface area contributed by atoms with Crippen LogP contribution in [0.2, 0.25) is 0 Å². The summed E-state index contributed by atoms with van der Waals surface area (Å²) in [5, 5.41) is 16.4. The molecule has 0 radical (unpaired) electrons. The van der Waals surface area contributed by atoms with Gasteiger partial charge in [-0.2, -0.15) is 10.4 Å². The van der Waals surface area contributed by atoms with Gasteiger partial charge in [0.15, 0.2) is 0 Å². The maximum Gasteiger partial charge on any atom is 0.146 e. The average molecular weight is 356 g/mol. The summed E-state index contributed by atoms with van der Waals surface area (Å²) in [7, 11) is 1.76. The van der Waals surface area contributed by atoms with Crippen molar-refractivity contribution in [1.82, 2.24) is 9.78 Å². The second-order valence-corrected chi connectivity index (χ2v) is 4.96. The highest BCUT2D eigenvalue weighted by Gasteiger charge is 2.14. The molecule has 0 unspecified atom stereocenters. The number of nitrogens with one attached hydrogen (secondary N) is 1. The number of benzene rings is 1. The highest BCUT2D eigenvalue weighted by atomic mass is 127. The number of rotatable bonds is 2. The zero-order valence-corrected chi connectivity index (χ0v) is 12.0. The molecule has 1 N–H and O–H groups in total. The lowest BCUT2D eigenvalue weighted by atomic mass is 10.2. The van der Waals surface area contributed by atoms with Gasteiger partial charge in [0.05, 0.1) is 11.4 Å². The van der Waals surface area contributed by atoms with Crippen LogP contribution in [0.5, 0.6) is 0 Å². The fourth-order valence-corrected chi connectivity index (χ4v) is 2.27. The van der Waals surface area contributed by atoms with E-state index < -0.39 is 0 Å². The molecule has 0 fully saturated rings. The molecule has 0 aliphatic carbocycles. The van der Waals surface area contributed by atoms with Gasteiger partial charge in [-0.3, -0.25) is 4.68 Å². The number of hydrogen-bond acceptors (Lipinski definition) is 3. The number of nitrogens with zero attached hydrogens (tertiary/aromatic N) is 3. The topological polar surface area (TPSA) is 53.6 Å². The summed E-state index contributed by atoms with van der Waals surface area (Å²) in [6, 6.07) is 6.56. The smallest absolute Gasteiger partial charge is 0.146 e. The van der Waals surface area contributed by atoms with Crippen LogP contribution in [0.15, 0.2) is 18.2 Å². The fourth-order valence-electron chi connectivity index (χ4n) is 1.65. The summed E-state index contributed by atoms with van der Waals surface area (Å²) in [6.45, 7) is 1.78. The van der Waals surface area contributed by atoms with Crippen LogP contribution in [0, 0.1) is 27.6 Å². The van der Waals surface area contributed by atoms with Crippen molar-refractivity contribution in [1.29, 1.82) is 5.26 Å². The predicted molar refractivity (Wildman–Crippen MR) is 75.1 cm³/mol. The first-order valence-electron chi connectivity index (χ1n) is 5.18. The lowest BCUT2D eigenvalue weighted by molar-refractivity contribution is 0.627. The summed E-state index contributed by atoms with van der Waals surface area (Å²) in [5.41, 5.74) is 1.91. The van der Waals surface area contributed by atoms with E-state index in [9.17, 15) is 4.39 Å². The molecule has 0 atom stereocenters. The first kappa shape index (κ1) is 12.8. The van der Waals surface area contributed by atoms with Gasteiger partial charge in [-0.1, -0.05) is 0 Å². The van der Waals surface area contributed by atoms with Gasteiger partial charge in [0.1, 0.15) is 23.3 Å². The quantitative estimate of drug-likeness (QED) is 0.842. The Kier molecular flexibility index (Phi) is 3.52. The molecular formula is C12H10FIN4. The summed E-state index contributed by atoms with van der Waals surface area (Å²) in [4.78, 5) is 0. The molecule has 0 saturated carbocycles. The van der Waals surface area contributed by atoms with Crippen molar-refractivity contribution in [2.75, 3.05) is 5.32 Å². The van der Waals surface area contributed by atoms with Gasteiger partial charge < -0.3 is 5.32 Å². The number of hydrogen-bond donors (Lipinski definition) is 1. The van der Waals surface area contributed by atoms with E-state index in [1.54, 1.807) is 24.7 Å². The Morgan fingerprint density at radius 1 is 1.50 bits per heavy atom. The maximum atomic E-state index is 13.0. The second-order valence-electron chi connectivity index (χ2n) is 3.79. The van der Waals surface area contributed by atoms with Gasteiger partial charge in [-0.15, -0.1) is 0 Å². The van der Waals surface area contributed by atoms with Crippen molar-refractivity contribution in [3.05, 3.63) is 38.8 Å². The van der Waals surface area contributed by atoms with Crippen LogP contribution in [-0.2, 0) is 7.05 Å². The van der Waals surface area contributed by atoms with Crippen LogP contribution in [0.4, 0.5) is 15.9 Å². The van der Waals surface area contributed by atoms with Crippen molar-refractivity contribution < 1.29 is 4.39 Å². The van der Waals surface area contributed by atoms with Gasteiger partial charge in [-0.05, 0) is 47.7 Å². The molecule has 0 amide bonds. The molecule has 0 spiro atoms. The standard InChI is InChI=1S/C12H10FIN4/c1-7-9(6-15)12(18(2)17-7)16-11-4-3-8(13)5-10(11)14/h3-5,16H,1-2H3. The number of halogens is 2. The van der Waals surface area contributed by atoms with Crippen LogP contribution in [0.3, 0.4) is 0 Å². The molecule has 92 valence electrons. The molecule has 6 heteroatoms. The summed E-state index contributed by atoms with van der Waals surface area (Å²) >= 11 is 2.04. The number of anilines is 2. The van der Waals surface area contributed by atoms with E-state index in [0.717, 1.165) is 9.26 Å². The predicted octanol–water partition coefficient (Wildman–Crippen LogP) is 3.09. The molecule has 0 bridgehead atoms. The third kappa shape index (κ3) is 2.31. The molecule has 1 aromatic carbocycles. The molecule has 4 nitrogen and oxygen atoms in total. The Balaban J connectivity index is 2.43. The van der Waals surface area contributed by atoms with Crippen molar-refractivity contribution >= 4 is 34.1 Å². The molecule has 0 saturated heterocycles. The van der Waals surface area contributed by atoms with Crippen LogP contribution in [0.25, 0.3) is 0 Å². The summed E-state index contributed by atoms with van der Waals surface area (Å²) in [5.74, 6) is 0.325. The molecule has 0 aliphatic rings. The fraction of sp³-hybridized carbons (Fsp3) is 0.167. The van der Waals surface area contributed by atoms with Gasteiger partial charge in [0.25, 0.3) is 0 Å². The zero-order chi connectivity index (χ0) is 13.3. The van der Waals surface area contributed by atoms with Crippen LogP contribution < -0.4 is 5.32 Å². The van der Waals surface area contributed by atoms with E-state index in [2.05, 4.69) is 16.5 Å². The van der Waals surface area contributed by atoms with Crippen molar-refractivity contribution in [2.45, 2.75) is 6.92 Å². The lowest BCUT2D eigenvalue weighted by Gasteiger charge is -2.09. The number of aryl methyl sites for hydroxylation is 2. The zero-order valence-electron chi connectivity index (χ0n) is 9.83. The summed E-state index contributed by atoms with van der Waals surface area (Å²) in [6.07, 6.45) is 0. The first-order valence-corrected chi connectivity index (χ1v) is 6.26. The minimum absolute atomic E-state index is 0.286. The highest BCUT2D eigenvalue weighted by molar-refractivity contribution is 14.1. The van der Waals surface area contributed by atoms with Crippen LogP contribution >= 0.6 is 22.6 Å². The Hall–Kier alpha value is -1.62. The second kappa shape index (κ2) is 4.94. The third-order valence-electron chi connectivity index (χ3n) is 2.52. The van der Waals surface area contributed by atoms with Crippen molar-refractivity contribution in [2.24, 2.45) is 7.05 Å². The van der Waals surface area contributed by atoms with E-state index in [1.807, 2.05) is 22.6 Å². The molecule has 2 aromatic rings. The van der Waals surface area contributed by atoms with Gasteiger partial charge in [-0.25, -0.2) is 4.39 Å². The van der Waals surface area contributed by atoms with E-state index in [4.69, 9.17) is 5.26 Å². The van der Waals surface area contributed by atoms with E-state index in [-0.39, 0.29) is 5.82 Å². The molecular weight excluding hydrogens is 346 g/mol. The molecule has 2 rings (SSSR count). The SMILES string of the molecule is Cc1nn(C)c(Nc2ccc(F)cc2I)c1C#N. The largest absolute Gasteiger partial charge is 0.338 e. The normalized spacial score (nSPS) is 10.2. The van der Waals surface area contributed by atoms with Gasteiger partial charge >= 0.3 is 0 Å². The van der Waals surface area contributed by atoms with E-state index >= 15 is 0 Å². The molecule has 18 heavy (non-hydrogen) atoms. The van der Waals surface area contributed by atoms with Gasteiger partial charge in [0, 0.05) is 10.6 Å². The van der Waals surface area contributed by atoms with Crippen molar-refractivity contribution in [3.8, 4) is 6.07 Å². The monoisotopic (exact) mass is 356 g/mol. The molecule has 1 heterocycles. The Labute approximate surface area is 118 Å². The Morgan fingerprint density at radius 3 is 2.83 bits per heavy atom. The third-order valence-corrected chi connectivity index (χ3v) is 3.41. The van der Waals surface area contributed by atoms with E-state index in [0.29, 0.717) is 17.1 Å². The lowest BCUT2D eigenvalue weighted by Crippen LogP contribution is -2.02. The van der Waals surface area contributed by atoms with Crippen LogP contribution in [-0.4, -0.2) is 9.78 Å². The minimum Gasteiger partial charge on any atom is -0.338 e. The van der Waals surface area contributed by atoms with Crippen molar-refractivity contribution in [3.63, 3.8) is 0 Å². The van der Waals surface area contributed by atoms with E-state index in [1.165, 1.54) is 12.1 Å². The molecule has 1 aromatic heterocycles. The number of nitriles is 1. The Morgan fingerprint density at radius 2 is 2.22 bits per heavy atom. The highest BCUT2D eigenvalue weighted by Crippen LogP contribution is 2.26. The van der Waals surface area contributed by atoms with Crippen LogP contribution in [0.1, 0.15) is 11.3 Å². The molecule has 0 aliphatic heterocycles.